The lowest BCUT2D eigenvalue weighted by Gasteiger charge is -2.33. The van der Waals surface area contributed by atoms with E-state index in [1.807, 2.05) is 25.7 Å². The predicted octanol–water partition coefficient (Wildman–Crippen LogP) is 3.22. The smallest absolute Gasteiger partial charge is 0.235 e. The van der Waals surface area contributed by atoms with Gasteiger partial charge in [0, 0.05) is 13.1 Å². The number of carbonyl (C=O) groups is 1. The van der Waals surface area contributed by atoms with Crippen LogP contribution in [0.4, 0.5) is 0 Å². The standard InChI is InChI=1S/C19H27N5OS/c1-14(2)24-19(20-21-22-24)26-15(3)18(25)23-11-9-17(10-12-23)13-16-7-5-4-6-8-16/h4-8,14-15,17H,9-13H2,1-3H3. The predicted molar refractivity (Wildman–Crippen MR) is 103 cm³/mol. The van der Waals surface area contributed by atoms with Crippen LogP contribution >= 0.6 is 11.8 Å². The van der Waals surface area contributed by atoms with Gasteiger partial charge in [-0.25, -0.2) is 4.68 Å². The van der Waals surface area contributed by atoms with Crippen LogP contribution in [0.3, 0.4) is 0 Å². The van der Waals surface area contributed by atoms with E-state index in [-0.39, 0.29) is 17.2 Å². The number of carbonyl (C=O) groups excluding carboxylic acids is 1. The Balaban J connectivity index is 1.50. The van der Waals surface area contributed by atoms with Gasteiger partial charge in [-0.2, -0.15) is 0 Å². The van der Waals surface area contributed by atoms with Crippen LogP contribution in [0.2, 0.25) is 0 Å². The zero-order valence-corrected chi connectivity index (χ0v) is 16.5. The highest BCUT2D eigenvalue weighted by Crippen LogP contribution is 2.27. The first-order valence-corrected chi connectivity index (χ1v) is 10.2. The van der Waals surface area contributed by atoms with Gasteiger partial charge in [0.2, 0.25) is 11.1 Å². The fourth-order valence-electron chi connectivity index (χ4n) is 3.36. The minimum absolute atomic E-state index is 0.177. The van der Waals surface area contributed by atoms with Crippen molar-refractivity contribution < 1.29 is 4.79 Å². The molecule has 1 aromatic carbocycles. The van der Waals surface area contributed by atoms with Crippen molar-refractivity contribution in [1.82, 2.24) is 25.1 Å². The number of amides is 1. The summed E-state index contributed by atoms with van der Waals surface area (Å²) in [6.45, 7) is 7.70. The molecule has 1 atom stereocenters. The third-order valence-corrected chi connectivity index (χ3v) is 5.91. The lowest BCUT2D eigenvalue weighted by atomic mass is 9.90. The molecule has 7 heteroatoms. The first kappa shape index (κ1) is 18.9. The maximum absolute atomic E-state index is 12.8. The van der Waals surface area contributed by atoms with Crippen LogP contribution in [0, 0.1) is 5.92 Å². The highest BCUT2D eigenvalue weighted by molar-refractivity contribution is 8.00. The number of rotatable bonds is 6. The number of piperidine rings is 1. The maximum Gasteiger partial charge on any atom is 0.235 e. The van der Waals surface area contributed by atoms with Crippen LogP contribution in [-0.2, 0) is 11.2 Å². The molecule has 2 aromatic rings. The van der Waals surface area contributed by atoms with E-state index in [0.29, 0.717) is 11.1 Å². The molecule has 1 amide bonds. The fourth-order valence-corrected chi connectivity index (χ4v) is 4.36. The van der Waals surface area contributed by atoms with Crippen LogP contribution in [0.15, 0.2) is 35.5 Å². The van der Waals surface area contributed by atoms with Crippen LogP contribution in [-0.4, -0.2) is 49.4 Å². The Hall–Kier alpha value is -1.89. The van der Waals surface area contributed by atoms with E-state index in [1.165, 1.54) is 17.3 Å². The number of hydrogen-bond donors (Lipinski definition) is 0. The normalized spacial score (nSPS) is 16.8. The van der Waals surface area contributed by atoms with Gasteiger partial charge in [0.1, 0.15) is 0 Å². The minimum Gasteiger partial charge on any atom is -0.342 e. The van der Waals surface area contributed by atoms with Crippen molar-refractivity contribution in [2.75, 3.05) is 13.1 Å². The SMILES string of the molecule is CC(Sc1nnnn1C(C)C)C(=O)N1CCC(Cc2ccccc2)CC1. The largest absolute Gasteiger partial charge is 0.342 e. The van der Waals surface area contributed by atoms with Gasteiger partial charge >= 0.3 is 0 Å². The quantitative estimate of drug-likeness (QED) is 0.728. The molecule has 0 aliphatic carbocycles. The third-order valence-electron chi connectivity index (χ3n) is 4.88. The Kier molecular flexibility index (Phi) is 6.29. The van der Waals surface area contributed by atoms with Gasteiger partial charge in [-0.05, 0) is 61.9 Å². The summed E-state index contributed by atoms with van der Waals surface area (Å²) in [6.07, 6.45) is 3.25. The fraction of sp³-hybridized carbons (Fsp3) is 0.579. The van der Waals surface area contributed by atoms with Crippen LogP contribution in [0.25, 0.3) is 0 Å². The second-order valence-electron chi connectivity index (χ2n) is 7.22. The molecule has 0 bridgehead atoms. The Morgan fingerprint density at radius 2 is 1.88 bits per heavy atom. The summed E-state index contributed by atoms with van der Waals surface area (Å²) in [5, 5.41) is 12.3. The van der Waals surface area contributed by atoms with Crippen molar-refractivity contribution in [3.8, 4) is 0 Å². The minimum atomic E-state index is -0.177. The van der Waals surface area contributed by atoms with E-state index in [4.69, 9.17) is 0 Å². The molecule has 0 spiro atoms. The van der Waals surface area contributed by atoms with Gasteiger partial charge < -0.3 is 4.90 Å². The van der Waals surface area contributed by atoms with Crippen molar-refractivity contribution in [2.45, 2.75) is 56.5 Å². The first-order chi connectivity index (χ1) is 12.5. The van der Waals surface area contributed by atoms with Crippen molar-refractivity contribution in [3.05, 3.63) is 35.9 Å². The molecule has 1 saturated heterocycles. The second kappa shape index (κ2) is 8.66. The van der Waals surface area contributed by atoms with Gasteiger partial charge in [-0.1, -0.05) is 42.1 Å². The molecule has 26 heavy (non-hydrogen) atoms. The Labute approximate surface area is 159 Å². The Bertz CT molecular complexity index is 710. The van der Waals surface area contributed by atoms with E-state index >= 15 is 0 Å². The van der Waals surface area contributed by atoms with Crippen molar-refractivity contribution in [1.29, 1.82) is 0 Å². The van der Waals surface area contributed by atoms with Gasteiger partial charge in [0.15, 0.2) is 0 Å². The number of thioether (sulfide) groups is 1. The number of benzene rings is 1. The summed E-state index contributed by atoms with van der Waals surface area (Å²) >= 11 is 1.45. The van der Waals surface area contributed by atoms with E-state index < -0.39 is 0 Å². The average Bonchev–Trinajstić information content (AvgIpc) is 3.11. The molecule has 1 fully saturated rings. The number of tetrazole rings is 1. The average molecular weight is 374 g/mol. The first-order valence-electron chi connectivity index (χ1n) is 9.32. The molecule has 6 nitrogen and oxygen atoms in total. The molecule has 140 valence electrons. The van der Waals surface area contributed by atoms with Gasteiger partial charge in [-0.3, -0.25) is 4.79 Å². The third kappa shape index (κ3) is 4.63. The number of hydrogen-bond acceptors (Lipinski definition) is 5. The summed E-state index contributed by atoms with van der Waals surface area (Å²) in [5.41, 5.74) is 1.39. The number of aromatic nitrogens is 4. The summed E-state index contributed by atoms with van der Waals surface area (Å²) in [5.74, 6) is 0.851. The molecule has 0 saturated carbocycles. The zero-order valence-electron chi connectivity index (χ0n) is 15.7. The van der Waals surface area contributed by atoms with Crippen molar-refractivity contribution >= 4 is 17.7 Å². The molecular weight excluding hydrogens is 346 g/mol. The van der Waals surface area contributed by atoms with Crippen LogP contribution in [0.1, 0.15) is 45.2 Å². The van der Waals surface area contributed by atoms with E-state index in [1.54, 1.807) is 4.68 Å². The van der Waals surface area contributed by atoms with E-state index in [2.05, 4.69) is 45.9 Å². The van der Waals surface area contributed by atoms with E-state index in [0.717, 1.165) is 32.4 Å². The molecule has 2 heterocycles. The summed E-state index contributed by atoms with van der Waals surface area (Å²) in [6, 6.07) is 10.8. The van der Waals surface area contributed by atoms with Gasteiger partial charge in [0.05, 0.1) is 11.3 Å². The maximum atomic E-state index is 12.8. The highest BCUT2D eigenvalue weighted by Gasteiger charge is 2.28. The lowest BCUT2D eigenvalue weighted by Crippen LogP contribution is -2.42. The Morgan fingerprint density at radius 3 is 2.54 bits per heavy atom. The Morgan fingerprint density at radius 1 is 1.19 bits per heavy atom. The van der Waals surface area contributed by atoms with Crippen LogP contribution in [0.5, 0.6) is 0 Å². The van der Waals surface area contributed by atoms with E-state index in [9.17, 15) is 4.79 Å². The molecule has 1 aromatic heterocycles. The summed E-state index contributed by atoms with van der Waals surface area (Å²) in [7, 11) is 0. The molecule has 3 rings (SSSR count). The zero-order chi connectivity index (χ0) is 18.5. The molecule has 1 aliphatic rings. The van der Waals surface area contributed by atoms with Gasteiger partial charge in [-0.15, -0.1) is 5.10 Å². The van der Waals surface area contributed by atoms with Gasteiger partial charge in [0.25, 0.3) is 0 Å². The lowest BCUT2D eigenvalue weighted by molar-refractivity contribution is -0.131. The topological polar surface area (TPSA) is 63.9 Å². The van der Waals surface area contributed by atoms with Crippen molar-refractivity contribution in [3.63, 3.8) is 0 Å². The van der Waals surface area contributed by atoms with Crippen molar-refractivity contribution in [2.24, 2.45) is 5.92 Å². The summed E-state index contributed by atoms with van der Waals surface area (Å²) in [4.78, 5) is 14.8. The number of nitrogens with zero attached hydrogens (tertiary/aromatic N) is 5. The molecule has 1 unspecified atom stereocenters. The molecule has 0 radical (unpaired) electrons. The summed E-state index contributed by atoms with van der Waals surface area (Å²) < 4.78 is 1.76. The molecule has 1 aliphatic heterocycles. The molecule has 0 N–H and O–H groups in total. The highest BCUT2D eigenvalue weighted by atomic mass is 32.2. The molecular formula is C19H27N5OS. The second-order valence-corrected chi connectivity index (χ2v) is 8.53. The number of likely N-dealkylation sites (tertiary alicyclic amines) is 1. The monoisotopic (exact) mass is 373 g/mol. The van der Waals surface area contributed by atoms with Crippen LogP contribution < -0.4 is 0 Å².